The van der Waals surface area contributed by atoms with Crippen LogP contribution < -0.4 is 20.3 Å². The zero-order chi connectivity index (χ0) is 25.9. The minimum absolute atomic E-state index is 0.157. The summed E-state index contributed by atoms with van der Waals surface area (Å²) in [6.45, 7) is 3.86. The van der Waals surface area contributed by atoms with Gasteiger partial charge in [0.15, 0.2) is 5.11 Å². The third kappa shape index (κ3) is 5.11. The highest BCUT2D eigenvalue weighted by molar-refractivity contribution is 7.80. The number of nitrogens with one attached hydrogen (secondary N) is 2. The molecular formula is C25H26N8O4S. The number of nitrogens with zero attached hydrogens (tertiary/aromatic N) is 6. The predicted molar refractivity (Wildman–Crippen MR) is 140 cm³/mol. The Morgan fingerprint density at radius 1 is 1.08 bits per heavy atom. The summed E-state index contributed by atoms with van der Waals surface area (Å²) in [4.78, 5) is 2.26. The van der Waals surface area contributed by atoms with Crippen molar-refractivity contribution in [3.63, 3.8) is 0 Å². The van der Waals surface area contributed by atoms with Crippen molar-refractivity contribution >= 4 is 28.7 Å². The molecule has 6 rings (SSSR count). The Hall–Kier alpha value is -3.83. The number of nitriles is 1. The van der Waals surface area contributed by atoms with Crippen LogP contribution in [-0.4, -0.2) is 83.1 Å². The molecule has 0 unspecified atom stereocenters. The van der Waals surface area contributed by atoms with Gasteiger partial charge in [-0.3, -0.25) is 0 Å². The van der Waals surface area contributed by atoms with Crippen LogP contribution in [0.25, 0.3) is 0 Å². The van der Waals surface area contributed by atoms with Crippen LogP contribution in [0, 0.1) is 11.3 Å². The second-order valence-corrected chi connectivity index (χ2v) is 9.57. The molecule has 1 aromatic heterocycles. The molecule has 2 N–H and O–H groups in total. The van der Waals surface area contributed by atoms with Crippen molar-refractivity contribution in [3.05, 3.63) is 54.1 Å². The second-order valence-electron chi connectivity index (χ2n) is 9.17. The first-order chi connectivity index (χ1) is 18.7. The summed E-state index contributed by atoms with van der Waals surface area (Å²) in [5, 5.41) is 28.1. The molecule has 12 nitrogen and oxygen atoms in total. The van der Waals surface area contributed by atoms with Crippen molar-refractivity contribution in [2.45, 2.75) is 24.3 Å². The van der Waals surface area contributed by atoms with E-state index in [1.54, 1.807) is 22.9 Å². The largest absolute Gasteiger partial charge is 0.423 e. The maximum absolute atomic E-state index is 9.11. The zero-order valence-corrected chi connectivity index (χ0v) is 21.2. The first-order valence-corrected chi connectivity index (χ1v) is 12.8. The monoisotopic (exact) mass is 534 g/mol. The van der Waals surface area contributed by atoms with Crippen molar-refractivity contribution in [2.75, 3.05) is 49.7 Å². The highest BCUT2D eigenvalue weighted by Gasteiger charge is 2.50. The van der Waals surface area contributed by atoms with Crippen LogP contribution in [0.2, 0.25) is 0 Å². The molecule has 0 saturated carbocycles. The Morgan fingerprint density at radius 2 is 1.92 bits per heavy atom. The van der Waals surface area contributed by atoms with Crippen LogP contribution in [-0.2, 0) is 14.2 Å². The van der Waals surface area contributed by atoms with Gasteiger partial charge in [-0.15, -0.1) is 0 Å². The first kappa shape index (κ1) is 24.5. The van der Waals surface area contributed by atoms with E-state index in [1.165, 1.54) is 0 Å². The van der Waals surface area contributed by atoms with Crippen LogP contribution in [0.3, 0.4) is 0 Å². The minimum atomic E-state index is -0.275. The van der Waals surface area contributed by atoms with E-state index in [4.69, 9.17) is 36.4 Å². The number of hydrogen-bond acceptors (Lipinski definition) is 10. The Bertz CT molecular complexity index is 1340. The number of morpholine rings is 1. The summed E-state index contributed by atoms with van der Waals surface area (Å²) in [5.74, 6) is 0.643. The van der Waals surface area contributed by atoms with Crippen molar-refractivity contribution in [2.24, 2.45) is 0 Å². The fraction of sp³-hybridized carbons (Fsp3) is 0.400. The molecule has 3 aliphatic rings. The number of thiocarbonyl (C=S) groups is 1. The lowest BCUT2D eigenvalue weighted by Crippen LogP contribution is -2.45. The standard InChI is InChI=1S/C25H26N8O4S/c26-13-16-3-1-4-17(11-16)27-24(38)28-20-14-35-23-21(15-36-22(20)23)33-25(29-30-31-33)37-19-6-2-5-18(12-19)32-7-9-34-10-8-32/h1-6,11-12,20-23H,7-10,14-15H2,(H2,27,28,38)/t20-,21-,22+,23+/m0/s1. The van der Waals surface area contributed by atoms with Crippen molar-refractivity contribution in [1.82, 2.24) is 25.5 Å². The molecule has 0 amide bonds. The van der Waals surface area contributed by atoms with Gasteiger partial charge in [0.1, 0.15) is 24.0 Å². The van der Waals surface area contributed by atoms with Gasteiger partial charge in [0.2, 0.25) is 0 Å². The van der Waals surface area contributed by atoms with Gasteiger partial charge in [-0.1, -0.05) is 17.2 Å². The van der Waals surface area contributed by atoms with E-state index < -0.39 is 0 Å². The van der Waals surface area contributed by atoms with E-state index in [-0.39, 0.29) is 30.3 Å². The van der Waals surface area contributed by atoms with Gasteiger partial charge in [-0.25, -0.2) is 0 Å². The number of aromatic nitrogens is 4. The van der Waals surface area contributed by atoms with Gasteiger partial charge >= 0.3 is 6.01 Å². The molecule has 3 aromatic rings. The third-order valence-corrected chi connectivity index (χ3v) is 6.99. The number of rotatable bonds is 6. The molecule has 0 spiro atoms. The number of tetrazole rings is 1. The van der Waals surface area contributed by atoms with Gasteiger partial charge in [0.25, 0.3) is 0 Å². The zero-order valence-electron chi connectivity index (χ0n) is 20.4. The molecule has 4 atom stereocenters. The van der Waals surface area contributed by atoms with Gasteiger partial charge in [-0.05, 0) is 53.0 Å². The average molecular weight is 535 g/mol. The van der Waals surface area contributed by atoms with Crippen molar-refractivity contribution < 1.29 is 18.9 Å². The topological polar surface area (TPSA) is 132 Å². The molecule has 3 fully saturated rings. The van der Waals surface area contributed by atoms with E-state index >= 15 is 0 Å². The summed E-state index contributed by atoms with van der Waals surface area (Å²) in [7, 11) is 0. The number of fused-ring (bicyclic) bond motifs is 1. The average Bonchev–Trinajstić information content (AvgIpc) is 3.67. The lowest BCUT2D eigenvalue weighted by atomic mass is 10.1. The Morgan fingerprint density at radius 3 is 2.79 bits per heavy atom. The van der Waals surface area contributed by atoms with E-state index in [1.807, 2.05) is 24.3 Å². The molecule has 196 valence electrons. The molecular weight excluding hydrogens is 508 g/mol. The normalized spacial score (nSPS) is 24.4. The Kier molecular flexibility index (Phi) is 7.02. The molecule has 0 aliphatic carbocycles. The van der Waals surface area contributed by atoms with Crippen LogP contribution in [0.1, 0.15) is 11.6 Å². The first-order valence-electron chi connectivity index (χ1n) is 12.4. The number of benzene rings is 2. The molecule has 13 heteroatoms. The van der Waals surface area contributed by atoms with Crippen LogP contribution >= 0.6 is 12.2 Å². The maximum atomic E-state index is 9.11. The smallest absolute Gasteiger partial charge is 0.341 e. The highest BCUT2D eigenvalue weighted by Crippen LogP contribution is 2.36. The van der Waals surface area contributed by atoms with E-state index in [9.17, 15) is 0 Å². The van der Waals surface area contributed by atoms with Gasteiger partial charge in [0, 0.05) is 30.5 Å². The quantitative estimate of drug-likeness (QED) is 0.448. The fourth-order valence-electron chi connectivity index (χ4n) is 4.95. The predicted octanol–water partition coefficient (Wildman–Crippen LogP) is 1.87. The SMILES string of the molecule is N#Cc1cccc(NC(=S)N[C@H]2CO[C@H]3[C@@H]2OC[C@@H]3n2nnnc2Oc2cccc(N3CCOCC3)c2)c1. The summed E-state index contributed by atoms with van der Waals surface area (Å²) in [6, 6.07) is 17.0. The molecule has 0 radical (unpaired) electrons. The number of anilines is 2. The Balaban J connectivity index is 1.10. The summed E-state index contributed by atoms with van der Waals surface area (Å²) in [6.07, 6.45) is -0.519. The van der Waals surface area contributed by atoms with Crippen LogP contribution in [0.15, 0.2) is 48.5 Å². The van der Waals surface area contributed by atoms with Gasteiger partial charge in [-0.2, -0.15) is 9.94 Å². The molecule has 2 aromatic carbocycles. The maximum Gasteiger partial charge on any atom is 0.341 e. The van der Waals surface area contributed by atoms with Crippen molar-refractivity contribution in [3.8, 4) is 17.8 Å². The summed E-state index contributed by atoms with van der Waals surface area (Å²) < 4.78 is 25.4. The lowest BCUT2D eigenvalue weighted by molar-refractivity contribution is 0.0615. The molecule has 3 saturated heterocycles. The molecule has 4 heterocycles. The third-order valence-electron chi connectivity index (χ3n) is 6.77. The van der Waals surface area contributed by atoms with Gasteiger partial charge < -0.3 is 34.5 Å². The lowest BCUT2D eigenvalue weighted by Gasteiger charge is -2.29. The summed E-state index contributed by atoms with van der Waals surface area (Å²) >= 11 is 5.49. The molecule has 0 bridgehead atoms. The van der Waals surface area contributed by atoms with Crippen molar-refractivity contribution in [1.29, 1.82) is 5.26 Å². The second kappa shape index (κ2) is 10.9. The van der Waals surface area contributed by atoms with E-state index in [0.717, 1.165) is 24.5 Å². The molecule has 3 aliphatic heterocycles. The number of hydrogen-bond donors (Lipinski definition) is 2. The Labute approximate surface area is 224 Å². The number of ether oxygens (including phenoxy) is 4. The summed E-state index contributed by atoms with van der Waals surface area (Å²) in [5.41, 5.74) is 2.35. The minimum Gasteiger partial charge on any atom is -0.423 e. The van der Waals surface area contributed by atoms with Gasteiger partial charge in [0.05, 0.1) is 44.1 Å². The molecule has 38 heavy (non-hydrogen) atoms. The van der Waals surface area contributed by atoms with E-state index in [0.29, 0.717) is 42.9 Å². The van der Waals surface area contributed by atoms with Crippen LogP contribution in [0.5, 0.6) is 11.8 Å². The highest BCUT2D eigenvalue weighted by atomic mass is 32.1. The fourth-order valence-corrected chi connectivity index (χ4v) is 5.22. The van der Waals surface area contributed by atoms with Crippen LogP contribution in [0.4, 0.5) is 11.4 Å². The van der Waals surface area contributed by atoms with E-state index in [2.05, 4.69) is 43.2 Å².